The van der Waals surface area contributed by atoms with E-state index in [1.54, 1.807) is 29.2 Å². The van der Waals surface area contributed by atoms with Crippen LogP contribution in [0.1, 0.15) is 16.8 Å². The van der Waals surface area contributed by atoms with Crippen molar-refractivity contribution in [3.63, 3.8) is 0 Å². The standard InChI is InChI=1S/C14H19FN2O3S/c15-7-4-12-21(19,20)17-10-8-16(9-11-17)14(18)13-5-2-1-3-6-13/h1-3,5-6H,4,7-12H2. The van der Waals surface area contributed by atoms with Gasteiger partial charge in [0, 0.05) is 31.7 Å². The first kappa shape index (κ1) is 15.9. The van der Waals surface area contributed by atoms with Crippen LogP contribution in [0.5, 0.6) is 0 Å². The topological polar surface area (TPSA) is 57.7 Å². The highest BCUT2D eigenvalue weighted by Gasteiger charge is 2.28. The van der Waals surface area contributed by atoms with E-state index >= 15 is 0 Å². The fraction of sp³-hybridized carbons (Fsp3) is 0.500. The van der Waals surface area contributed by atoms with Crippen molar-refractivity contribution in [2.75, 3.05) is 38.6 Å². The number of amides is 1. The molecule has 7 heteroatoms. The molecular formula is C14H19FN2O3S. The summed E-state index contributed by atoms with van der Waals surface area (Å²) in [4.78, 5) is 13.9. The summed E-state index contributed by atoms with van der Waals surface area (Å²) in [6.07, 6.45) is 0.0193. The fourth-order valence-electron chi connectivity index (χ4n) is 2.30. The molecule has 21 heavy (non-hydrogen) atoms. The minimum absolute atomic E-state index is 0.0193. The minimum atomic E-state index is -3.40. The van der Waals surface area contributed by atoms with Gasteiger partial charge in [-0.2, -0.15) is 4.31 Å². The molecule has 0 aromatic heterocycles. The molecule has 1 heterocycles. The van der Waals surface area contributed by atoms with Crippen LogP contribution in [0.25, 0.3) is 0 Å². The zero-order chi connectivity index (χ0) is 15.3. The van der Waals surface area contributed by atoms with E-state index in [0.717, 1.165) is 0 Å². The van der Waals surface area contributed by atoms with Gasteiger partial charge in [0.15, 0.2) is 0 Å². The van der Waals surface area contributed by atoms with E-state index < -0.39 is 16.7 Å². The summed E-state index contributed by atoms with van der Waals surface area (Å²) in [5.41, 5.74) is 0.603. The number of alkyl halides is 1. The van der Waals surface area contributed by atoms with Gasteiger partial charge in [0.1, 0.15) is 0 Å². The Bertz CT molecular complexity index is 569. The molecule has 0 radical (unpaired) electrons. The first-order valence-corrected chi connectivity index (χ1v) is 8.53. The molecule has 1 saturated heterocycles. The third-order valence-corrected chi connectivity index (χ3v) is 5.43. The predicted molar refractivity (Wildman–Crippen MR) is 78.3 cm³/mol. The van der Waals surface area contributed by atoms with Crippen molar-refractivity contribution >= 4 is 15.9 Å². The Morgan fingerprint density at radius 3 is 2.29 bits per heavy atom. The Morgan fingerprint density at radius 2 is 1.71 bits per heavy atom. The lowest BCUT2D eigenvalue weighted by Gasteiger charge is -2.34. The van der Waals surface area contributed by atoms with Crippen molar-refractivity contribution in [3.05, 3.63) is 35.9 Å². The number of halogens is 1. The minimum Gasteiger partial charge on any atom is -0.336 e. The number of hydrogen-bond acceptors (Lipinski definition) is 3. The van der Waals surface area contributed by atoms with E-state index in [2.05, 4.69) is 0 Å². The van der Waals surface area contributed by atoms with Crippen LogP contribution >= 0.6 is 0 Å². The van der Waals surface area contributed by atoms with E-state index in [-0.39, 0.29) is 31.2 Å². The lowest BCUT2D eigenvalue weighted by atomic mass is 10.2. The van der Waals surface area contributed by atoms with E-state index in [4.69, 9.17) is 0 Å². The Balaban J connectivity index is 1.93. The van der Waals surface area contributed by atoms with Gasteiger partial charge in [-0.1, -0.05) is 18.2 Å². The van der Waals surface area contributed by atoms with Crippen LogP contribution in [0.3, 0.4) is 0 Å². The highest BCUT2D eigenvalue weighted by Crippen LogP contribution is 2.12. The Labute approximate surface area is 124 Å². The molecule has 1 aliphatic heterocycles. The monoisotopic (exact) mass is 314 g/mol. The normalized spacial score (nSPS) is 16.9. The zero-order valence-corrected chi connectivity index (χ0v) is 12.6. The van der Waals surface area contributed by atoms with Crippen LogP contribution < -0.4 is 0 Å². The number of rotatable bonds is 5. The zero-order valence-electron chi connectivity index (χ0n) is 11.7. The molecule has 0 saturated carbocycles. The van der Waals surface area contributed by atoms with Gasteiger partial charge in [0.05, 0.1) is 12.4 Å². The molecule has 0 atom stereocenters. The molecule has 2 rings (SSSR count). The third-order valence-electron chi connectivity index (χ3n) is 3.48. The molecule has 1 fully saturated rings. The van der Waals surface area contributed by atoms with Crippen LogP contribution in [0.4, 0.5) is 4.39 Å². The van der Waals surface area contributed by atoms with Crippen molar-refractivity contribution in [1.29, 1.82) is 0 Å². The van der Waals surface area contributed by atoms with Crippen molar-refractivity contribution in [1.82, 2.24) is 9.21 Å². The van der Waals surface area contributed by atoms with Gasteiger partial charge in [0.2, 0.25) is 10.0 Å². The molecule has 1 aliphatic rings. The maximum absolute atomic E-state index is 12.2. The fourth-order valence-corrected chi connectivity index (χ4v) is 3.75. The van der Waals surface area contributed by atoms with Crippen LogP contribution in [-0.4, -0.2) is 62.1 Å². The molecule has 0 spiro atoms. The molecule has 1 amide bonds. The average Bonchev–Trinajstić information content (AvgIpc) is 2.53. The molecule has 0 unspecified atom stereocenters. The summed E-state index contributed by atoms with van der Waals surface area (Å²) in [5, 5.41) is 0. The summed E-state index contributed by atoms with van der Waals surface area (Å²) in [6, 6.07) is 8.92. The number of carbonyl (C=O) groups excluding carboxylic acids is 1. The summed E-state index contributed by atoms with van der Waals surface area (Å²) < 4.78 is 37.3. The second kappa shape index (κ2) is 7.00. The quantitative estimate of drug-likeness (QED) is 0.819. The predicted octanol–water partition coefficient (Wildman–Crippen LogP) is 1.13. The summed E-state index contributed by atoms with van der Waals surface area (Å²) >= 11 is 0. The van der Waals surface area contributed by atoms with Crippen LogP contribution in [0, 0.1) is 0 Å². The summed E-state index contributed by atoms with van der Waals surface area (Å²) in [6.45, 7) is 0.636. The van der Waals surface area contributed by atoms with Crippen LogP contribution in [-0.2, 0) is 10.0 Å². The maximum atomic E-state index is 12.2. The second-order valence-corrected chi connectivity index (χ2v) is 7.00. The van der Waals surface area contributed by atoms with Gasteiger partial charge in [0.25, 0.3) is 5.91 Å². The summed E-state index contributed by atoms with van der Waals surface area (Å²) in [5.74, 6) is -0.257. The second-order valence-electron chi connectivity index (χ2n) is 4.92. The number of sulfonamides is 1. The van der Waals surface area contributed by atoms with E-state index in [9.17, 15) is 17.6 Å². The smallest absolute Gasteiger partial charge is 0.253 e. The highest BCUT2D eigenvalue weighted by atomic mass is 32.2. The molecule has 5 nitrogen and oxygen atoms in total. The van der Waals surface area contributed by atoms with E-state index in [0.29, 0.717) is 18.7 Å². The molecule has 1 aromatic carbocycles. The average molecular weight is 314 g/mol. The first-order chi connectivity index (χ1) is 10.0. The molecule has 0 N–H and O–H groups in total. The largest absolute Gasteiger partial charge is 0.336 e. The molecule has 1 aromatic rings. The van der Waals surface area contributed by atoms with Gasteiger partial charge in [-0.3, -0.25) is 9.18 Å². The van der Waals surface area contributed by atoms with Gasteiger partial charge < -0.3 is 4.90 Å². The van der Waals surface area contributed by atoms with Crippen LogP contribution in [0.2, 0.25) is 0 Å². The van der Waals surface area contributed by atoms with Crippen molar-refractivity contribution in [3.8, 4) is 0 Å². The van der Waals surface area contributed by atoms with Crippen LogP contribution in [0.15, 0.2) is 30.3 Å². The number of benzene rings is 1. The van der Waals surface area contributed by atoms with Gasteiger partial charge in [-0.05, 0) is 18.6 Å². The van der Waals surface area contributed by atoms with Crippen molar-refractivity contribution in [2.45, 2.75) is 6.42 Å². The number of hydrogen-bond donors (Lipinski definition) is 0. The maximum Gasteiger partial charge on any atom is 0.253 e. The SMILES string of the molecule is O=C(c1ccccc1)N1CCN(S(=O)(=O)CCCF)CC1. The number of nitrogens with zero attached hydrogens (tertiary/aromatic N) is 2. The van der Waals surface area contributed by atoms with Gasteiger partial charge >= 0.3 is 0 Å². The molecule has 116 valence electrons. The van der Waals surface area contributed by atoms with Crippen molar-refractivity contribution in [2.24, 2.45) is 0 Å². The lowest BCUT2D eigenvalue weighted by molar-refractivity contribution is 0.0698. The molecular weight excluding hydrogens is 295 g/mol. The van der Waals surface area contributed by atoms with E-state index in [1.165, 1.54) is 4.31 Å². The molecule has 0 bridgehead atoms. The lowest BCUT2D eigenvalue weighted by Crippen LogP contribution is -2.51. The Morgan fingerprint density at radius 1 is 1.10 bits per heavy atom. The van der Waals surface area contributed by atoms with Gasteiger partial charge in [-0.15, -0.1) is 0 Å². The molecule has 0 aliphatic carbocycles. The van der Waals surface area contributed by atoms with E-state index in [1.807, 2.05) is 6.07 Å². The Kier molecular flexibility index (Phi) is 5.30. The van der Waals surface area contributed by atoms with Crippen molar-refractivity contribution < 1.29 is 17.6 Å². The third kappa shape index (κ3) is 4.01. The summed E-state index contributed by atoms with van der Waals surface area (Å²) in [7, 11) is -3.40. The number of carbonyl (C=O) groups is 1. The highest BCUT2D eigenvalue weighted by molar-refractivity contribution is 7.89. The van der Waals surface area contributed by atoms with Gasteiger partial charge in [-0.25, -0.2) is 8.42 Å². The first-order valence-electron chi connectivity index (χ1n) is 6.93. The number of piperazine rings is 1. The Hall–Kier alpha value is -1.47.